The molecule has 2 aromatic rings. The molecule has 0 spiro atoms. The molecule has 2 aromatic carbocycles. The summed E-state index contributed by atoms with van der Waals surface area (Å²) in [5, 5.41) is 7.05. The number of carbonyl (C=O) groups excluding carboxylic acids is 3. The predicted molar refractivity (Wildman–Crippen MR) is 89.7 cm³/mol. The summed E-state index contributed by atoms with van der Waals surface area (Å²) in [6.07, 6.45) is 0. The van der Waals surface area contributed by atoms with Crippen LogP contribution in [0.4, 0.5) is 15.8 Å². The highest BCUT2D eigenvalue weighted by molar-refractivity contribution is 6.39. The molecule has 130 valence electrons. The number of hydrogen-bond acceptors (Lipinski definition) is 4. The number of benzene rings is 2. The molecule has 25 heavy (non-hydrogen) atoms. The van der Waals surface area contributed by atoms with Crippen LogP contribution >= 0.6 is 0 Å². The molecule has 3 N–H and O–H groups in total. The van der Waals surface area contributed by atoms with Crippen molar-refractivity contribution < 1.29 is 23.5 Å². The molecule has 0 saturated heterocycles. The Morgan fingerprint density at radius 3 is 2.04 bits per heavy atom. The first-order valence-electron chi connectivity index (χ1n) is 7.26. The monoisotopic (exact) mass is 345 g/mol. The molecule has 8 heteroatoms. The number of anilines is 2. The number of ether oxygens (including phenoxy) is 1. The lowest BCUT2D eigenvalue weighted by atomic mass is 10.3. The van der Waals surface area contributed by atoms with E-state index in [0.29, 0.717) is 17.1 Å². The van der Waals surface area contributed by atoms with Gasteiger partial charge >= 0.3 is 11.8 Å². The van der Waals surface area contributed by atoms with E-state index in [1.165, 1.54) is 31.4 Å². The van der Waals surface area contributed by atoms with Crippen LogP contribution in [0.5, 0.6) is 5.75 Å². The molecule has 0 saturated carbocycles. The molecular weight excluding hydrogens is 329 g/mol. The molecule has 0 aliphatic carbocycles. The number of rotatable bonds is 5. The average molecular weight is 345 g/mol. The Hall–Kier alpha value is -3.42. The van der Waals surface area contributed by atoms with Gasteiger partial charge < -0.3 is 20.7 Å². The number of methoxy groups -OCH3 is 1. The highest BCUT2D eigenvalue weighted by Crippen LogP contribution is 2.14. The summed E-state index contributed by atoms with van der Waals surface area (Å²) in [5.74, 6) is -2.22. The number of carbonyl (C=O) groups is 3. The molecule has 0 fully saturated rings. The topological polar surface area (TPSA) is 96.5 Å². The molecule has 7 nitrogen and oxygen atoms in total. The van der Waals surface area contributed by atoms with Gasteiger partial charge in [0.1, 0.15) is 11.6 Å². The summed E-state index contributed by atoms with van der Waals surface area (Å²) in [5.41, 5.74) is 0.792. The maximum Gasteiger partial charge on any atom is 0.313 e. The van der Waals surface area contributed by atoms with Crippen LogP contribution in [-0.2, 0) is 14.4 Å². The second-order valence-corrected chi connectivity index (χ2v) is 4.92. The third kappa shape index (κ3) is 5.61. The van der Waals surface area contributed by atoms with Crippen molar-refractivity contribution >= 4 is 29.1 Å². The summed E-state index contributed by atoms with van der Waals surface area (Å²) in [4.78, 5) is 35.1. The van der Waals surface area contributed by atoms with E-state index >= 15 is 0 Å². The predicted octanol–water partition coefficient (Wildman–Crippen LogP) is 1.53. The molecule has 3 amide bonds. The second kappa shape index (κ2) is 8.44. The number of halogens is 1. The molecule has 0 bridgehead atoms. The fourth-order valence-electron chi connectivity index (χ4n) is 1.84. The second-order valence-electron chi connectivity index (χ2n) is 4.92. The maximum absolute atomic E-state index is 12.8. The van der Waals surface area contributed by atoms with Crippen LogP contribution in [0, 0.1) is 5.82 Å². The van der Waals surface area contributed by atoms with Crippen molar-refractivity contribution in [1.29, 1.82) is 0 Å². The van der Waals surface area contributed by atoms with Gasteiger partial charge in [0.2, 0.25) is 5.91 Å². The van der Waals surface area contributed by atoms with Gasteiger partial charge in [-0.25, -0.2) is 4.39 Å². The third-order valence-electron chi connectivity index (χ3n) is 3.09. The van der Waals surface area contributed by atoms with Crippen LogP contribution in [0.3, 0.4) is 0 Å². The van der Waals surface area contributed by atoms with Gasteiger partial charge in [-0.1, -0.05) is 0 Å². The number of nitrogens with one attached hydrogen (secondary N) is 3. The van der Waals surface area contributed by atoms with Crippen molar-refractivity contribution in [3.63, 3.8) is 0 Å². The van der Waals surface area contributed by atoms with Crippen LogP contribution in [-0.4, -0.2) is 31.4 Å². The van der Waals surface area contributed by atoms with Crippen molar-refractivity contribution in [2.45, 2.75) is 0 Å². The molecule has 0 aliphatic heterocycles. The standard InChI is InChI=1S/C17H16FN3O4/c1-25-14-8-6-13(7-9-14)21-17(24)16(23)19-10-15(22)20-12-4-2-11(18)3-5-12/h2-9H,10H2,1H3,(H,19,23)(H,20,22)(H,21,24). The van der Waals surface area contributed by atoms with Gasteiger partial charge in [-0.3, -0.25) is 14.4 Å². The first-order chi connectivity index (χ1) is 12.0. The molecule has 0 atom stereocenters. The molecule has 0 radical (unpaired) electrons. The summed E-state index contributed by atoms with van der Waals surface area (Å²) < 4.78 is 17.8. The van der Waals surface area contributed by atoms with E-state index in [0.717, 1.165) is 0 Å². The summed E-state index contributed by atoms with van der Waals surface area (Å²) in [6, 6.07) is 11.5. The van der Waals surface area contributed by atoms with Gasteiger partial charge in [-0.2, -0.15) is 0 Å². The van der Waals surface area contributed by atoms with Crippen molar-refractivity contribution in [3.05, 3.63) is 54.3 Å². The van der Waals surface area contributed by atoms with Crippen LogP contribution in [0.15, 0.2) is 48.5 Å². The fourth-order valence-corrected chi connectivity index (χ4v) is 1.84. The first kappa shape index (κ1) is 17.9. The maximum atomic E-state index is 12.8. The summed E-state index contributed by atoms with van der Waals surface area (Å²) in [7, 11) is 1.51. The van der Waals surface area contributed by atoms with Crippen molar-refractivity contribution in [2.24, 2.45) is 0 Å². The lowest BCUT2D eigenvalue weighted by Crippen LogP contribution is -2.39. The Kier molecular flexibility index (Phi) is 6.05. The van der Waals surface area contributed by atoms with Crippen LogP contribution < -0.4 is 20.7 Å². The zero-order valence-corrected chi connectivity index (χ0v) is 13.3. The Labute approximate surface area is 143 Å². The molecular formula is C17H16FN3O4. The Morgan fingerprint density at radius 1 is 0.880 bits per heavy atom. The molecule has 0 aromatic heterocycles. The van der Waals surface area contributed by atoms with Gasteiger partial charge in [0.25, 0.3) is 0 Å². The van der Waals surface area contributed by atoms with Gasteiger partial charge in [-0.15, -0.1) is 0 Å². The largest absolute Gasteiger partial charge is 0.497 e. The van der Waals surface area contributed by atoms with Crippen LogP contribution in [0.2, 0.25) is 0 Å². The smallest absolute Gasteiger partial charge is 0.313 e. The van der Waals surface area contributed by atoms with Gasteiger partial charge in [0.05, 0.1) is 13.7 Å². The van der Waals surface area contributed by atoms with E-state index in [4.69, 9.17) is 4.74 Å². The van der Waals surface area contributed by atoms with E-state index in [9.17, 15) is 18.8 Å². The zero-order chi connectivity index (χ0) is 18.2. The summed E-state index contributed by atoms with van der Waals surface area (Å²) >= 11 is 0. The number of hydrogen-bond donors (Lipinski definition) is 3. The third-order valence-corrected chi connectivity index (χ3v) is 3.09. The minimum absolute atomic E-state index is 0.378. The van der Waals surface area contributed by atoms with E-state index in [1.54, 1.807) is 24.3 Å². The van der Waals surface area contributed by atoms with Crippen molar-refractivity contribution in [1.82, 2.24) is 5.32 Å². The van der Waals surface area contributed by atoms with Crippen LogP contribution in [0.1, 0.15) is 0 Å². The number of amides is 3. The van der Waals surface area contributed by atoms with E-state index in [1.807, 2.05) is 0 Å². The SMILES string of the molecule is COc1ccc(NC(=O)C(=O)NCC(=O)Nc2ccc(F)cc2)cc1. The molecule has 0 heterocycles. The highest BCUT2D eigenvalue weighted by atomic mass is 19.1. The Balaban J connectivity index is 1.79. The van der Waals surface area contributed by atoms with Gasteiger partial charge in [0, 0.05) is 11.4 Å². The highest BCUT2D eigenvalue weighted by Gasteiger charge is 2.15. The van der Waals surface area contributed by atoms with E-state index < -0.39 is 30.1 Å². The lowest BCUT2D eigenvalue weighted by Gasteiger charge is -2.08. The average Bonchev–Trinajstić information content (AvgIpc) is 2.62. The Bertz CT molecular complexity index is 760. The summed E-state index contributed by atoms with van der Waals surface area (Å²) in [6.45, 7) is -0.397. The lowest BCUT2D eigenvalue weighted by molar-refractivity contribution is -0.136. The zero-order valence-electron chi connectivity index (χ0n) is 13.3. The minimum atomic E-state index is -0.954. The molecule has 2 rings (SSSR count). The van der Waals surface area contributed by atoms with E-state index in [2.05, 4.69) is 16.0 Å². The van der Waals surface area contributed by atoms with E-state index in [-0.39, 0.29) is 0 Å². The first-order valence-corrected chi connectivity index (χ1v) is 7.26. The van der Waals surface area contributed by atoms with Gasteiger partial charge in [0.15, 0.2) is 0 Å². The van der Waals surface area contributed by atoms with Crippen molar-refractivity contribution in [3.8, 4) is 5.75 Å². The molecule has 0 unspecified atom stereocenters. The van der Waals surface area contributed by atoms with Gasteiger partial charge in [-0.05, 0) is 48.5 Å². The minimum Gasteiger partial charge on any atom is -0.497 e. The van der Waals surface area contributed by atoms with Crippen molar-refractivity contribution in [2.75, 3.05) is 24.3 Å². The van der Waals surface area contributed by atoms with Crippen LogP contribution in [0.25, 0.3) is 0 Å². The quantitative estimate of drug-likeness (QED) is 0.716. The molecule has 0 aliphatic rings. The Morgan fingerprint density at radius 2 is 1.44 bits per heavy atom. The fraction of sp³-hybridized carbons (Fsp3) is 0.118. The normalized spacial score (nSPS) is 9.84.